The van der Waals surface area contributed by atoms with E-state index in [1.807, 2.05) is 24.2 Å². The third kappa shape index (κ3) is 3.98. The van der Waals surface area contributed by atoms with E-state index in [2.05, 4.69) is 44.5 Å². The van der Waals surface area contributed by atoms with Crippen LogP contribution in [0.2, 0.25) is 0 Å². The largest absolute Gasteiger partial charge is 0.379 e. The molecule has 0 aliphatic carbocycles. The minimum absolute atomic E-state index is 0.860. The molecule has 0 radical (unpaired) electrons. The number of benzene rings is 1. The third-order valence-corrected chi connectivity index (χ3v) is 5.66. The maximum Gasteiger partial charge on any atom is 0.0594 e. The molecule has 5 heteroatoms. The second kappa shape index (κ2) is 7.66. The highest BCUT2D eigenvalue weighted by Gasteiger charge is 2.18. The van der Waals surface area contributed by atoms with Crippen molar-refractivity contribution >= 4 is 11.9 Å². The van der Waals surface area contributed by atoms with Crippen LogP contribution in [-0.2, 0) is 24.2 Å². The molecule has 4 rings (SSSR count). The molecule has 1 aromatic heterocycles. The van der Waals surface area contributed by atoms with E-state index in [1.54, 1.807) is 0 Å². The van der Waals surface area contributed by atoms with Gasteiger partial charge in [0.1, 0.15) is 0 Å². The van der Waals surface area contributed by atoms with Crippen molar-refractivity contribution in [3.05, 3.63) is 59.4 Å². The summed E-state index contributed by atoms with van der Waals surface area (Å²) in [5.41, 5.74) is 4.00. The number of morpholine rings is 1. The molecule has 2 aliphatic rings. The van der Waals surface area contributed by atoms with Gasteiger partial charge in [0.2, 0.25) is 0 Å². The Balaban J connectivity index is 1.34. The van der Waals surface area contributed by atoms with Crippen molar-refractivity contribution in [3.8, 4) is 0 Å². The average molecular weight is 341 g/mol. The molecule has 0 unspecified atom stereocenters. The summed E-state index contributed by atoms with van der Waals surface area (Å²) in [4.78, 5) is 8.28. The summed E-state index contributed by atoms with van der Waals surface area (Å²) in [5, 5.41) is 0. The molecular weight excluding hydrogens is 318 g/mol. The highest BCUT2D eigenvalue weighted by Crippen LogP contribution is 2.28. The van der Waals surface area contributed by atoms with Gasteiger partial charge in [-0.1, -0.05) is 18.2 Å². The van der Waals surface area contributed by atoms with E-state index in [0.717, 1.165) is 52.4 Å². The number of aromatic nitrogens is 1. The van der Waals surface area contributed by atoms with Gasteiger partial charge < -0.3 is 4.74 Å². The number of nitrogens with zero attached hydrogens (tertiary/aromatic N) is 3. The lowest BCUT2D eigenvalue weighted by atomic mass is 10.1. The Morgan fingerprint density at radius 3 is 2.71 bits per heavy atom. The summed E-state index contributed by atoms with van der Waals surface area (Å²) in [5.74, 6) is 0. The summed E-state index contributed by atoms with van der Waals surface area (Å²) in [6, 6.07) is 13.2. The summed E-state index contributed by atoms with van der Waals surface area (Å²) < 4.78 is 7.82. The topological polar surface area (TPSA) is 28.6 Å². The molecule has 126 valence electrons. The van der Waals surface area contributed by atoms with E-state index in [-0.39, 0.29) is 0 Å². The van der Waals surface area contributed by atoms with Crippen LogP contribution in [0.4, 0.5) is 0 Å². The Morgan fingerprint density at radius 1 is 1.04 bits per heavy atom. The number of fused-ring (bicyclic) bond motifs is 1. The van der Waals surface area contributed by atoms with Crippen LogP contribution in [-0.4, -0.2) is 47.0 Å². The van der Waals surface area contributed by atoms with Crippen LogP contribution in [0.3, 0.4) is 0 Å². The predicted octanol–water partition coefficient (Wildman–Crippen LogP) is 2.98. The number of hydrogen-bond donors (Lipinski definition) is 0. The fraction of sp³-hybridized carbons (Fsp3) is 0.421. The molecule has 2 aromatic rings. The standard InChI is InChI=1S/C19H23N3OS/c1-2-17-7-9-22(15-19(17)20-8-1)24-18-5-3-16(4-6-18)14-21-10-12-23-13-11-21/h1-6,8H,7,9-15H2. The van der Waals surface area contributed by atoms with Crippen molar-refractivity contribution < 1.29 is 4.74 Å². The maximum absolute atomic E-state index is 5.41. The van der Waals surface area contributed by atoms with Crippen molar-refractivity contribution in [1.82, 2.24) is 14.2 Å². The number of hydrogen-bond acceptors (Lipinski definition) is 5. The SMILES string of the molecule is c1cnc2c(c1)CCN(Sc1ccc(CN3CCOCC3)cc1)C2. The number of pyridine rings is 1. The van der Waals surface area contributed by atoms with Gasteiger partial charge in [-0.3, -0.25) is 9.88 Å². The van der Waals surface area contributed by atoms with E-state index in [0.29, 0.717) is 0 Å². The molecule has 1 fully saturated rings. The zero-order valence-corrected chi connectivity index (χ0v) is 14.7. The summed E-state index contributed by atoms with van der Waals surface area (Å²) in [6.07, 6.45) is 2.98. The van der Waals surface area contributed by atoms with Gasteiger partial charge in [-0.15, -0.1) is 0 Å². The molecule has 2 aliphatic heterocycles. The van der Waals surface area contributed by atoms with E-state index < -0.39 is 0 Å². The second-order valence-corrected chi connectivity index (χ2v) is 7.52. The molecule has 0 bridgehead atoms. The predicted molar refractivity (Wildman–Crippen MR) is 96.7 cm³/mol. The van der Waals surface area contributed by atoms with Crippen molar-refractivity contribution in [3.63, 3.8) is 0 Å². The van der Waals surface area contributed by atoms with Gasteiger partial charge in [0.25, 0.3) is 0 Å². The number of ether oxygens (including phenoxy) is 1. The first-order valence-corrected chi connectivity index (χ1v) is 9.39. The van der Waals surface area contributed by atoms with E-state index >= 15 is 0 Å². The molecule has 0 saturated carbocycles. The molecule has 1 aromatic carbocycles. The van der Waals surface area contributed by atoms with Gasteiger partial charge in [-0.2, -0.15) is 0 Å². The first-order chi connectivity index (χ1) is 11.9. The third-order valence-electron chi connectivity index (χ3n) is 4.61. The van der Waals surface area contributed by atoms with Crippen molar-refractivity contribution in [2.24, 2.45) is 0 Å². The highest BCUT2D eigenvalue weighted by molar-refractivity contribution is 7.97. The molecule has 0 amide bonds. The number of rotatable bonds is 4. The lowest BCUT2D eigenvalue weighted by molar-refractivity contribution is 0.0342. The van der Waals surface area contributed by atoms with E-state index in [4.69, 9.17) is 4.74 Å². The van der Waals surface area contributed by atoms with Gasteiger partial charge in [0, 0.05) is 37.3 Å². The fourth-order valence-electron chi connectivity index (χ4n) is 3.23. The van der Waals surface area contributed by atoms with Crippen LogP contribution >= 0.6 is 11.9 Å². The highest BCUT2D eigenvalue weighted by atomic mass is 32.2. The second-order valence-electron chi connectivity index (χ2n) is 6.35. The Morgan fingerprint density at radius 2 is 1.88 bits per heavy atom. The van der Waals surface area contributed by atoms with E-state index in [9.17, 15) is 0 Å². The van der Waals surface area contributed by atoms with Gasteiger partial charge in [0.05, 0.1) is 25.5 Å². The van der Waals surface area contributed by atoms with Crippen LogP contribution in [0.5, 0.6) is 0 Å². The zero-order valence-electron chi connectivity index (χ0n) is 13.9. The van der Waals surface area contributed by atoms with Gasteiger partial charge in [-0.25, -0.2) is 4.31 Å². The van der Waals surface area contributed by atoms with Crippen molar-refractivity contribution in [2.75, 3.05) is 32.8 Å². The van der Waals surface area contributed by atoms with Crippen LogP contribution in [0.1, 0.15) is 16.8 Å². The Bertz CT molecular complexity index is 671. The molecule has 0 atom stereocenters. The first-order valence-electron chi connectivity index (χ1n) is 8.61. The van der Waals surface area contributed by atoms with Crippen LogP contribution in [0.25, 0.3) is 0 Å². The van der Waals surface area contributed by atoms with Gasteiger partial charge >= 0.3 is 0 Å². The fourth-order valence-corrected chi connectivity index (χ4v) is 4.16. The molecular formula is C19H23N3OS. The quantitative estimate of drug-likeness (QED) is 0.798. The van der Waals surface area contributed by atoms with Crippen LogP contribution < -0.4 is 0 Å². The van der Waals surface area contributed by atoms with Gasteiger partial charge in [0.15, 0.2) is 0 Å². The maximum atomic E-state index is 5.41. The van der Waals surface area contributed by atoms with Crippen molar-refractivity contribution in [2.45, 2.75) is 24.4 Å². The molecule has 0 spiro atoms. The van der Waals surface area contributed by atoms with Crippen molar-refractivity contribution in [1.29, 1.82) is 0 Å². The van der Waals surface area contributed by atoms with E-state index in [1.165, 1.54) is 21.7 Å². The molecule has 3 heterocycles. The molecule has 1 saturated heterocycles. The normalized spacial score (nSPS) is 19.2. The summed E-state index contributed by atoms with van der Waals surface area (Å²) in [7, 11) is 0. The Labute approximate surface area is 148 Å². The monoisotopic (exact) mass is 341 g/mol. The van der Waals surface area contributed by atoms with Gasteiger partial charge in [-0.05, 0) is 47.7 Å². The minimum atomic E-state index is 0.860. The Kier molecular flexibility index (Phi) is 5.13. The van der Waals surface area contributed by atoms with Crippen LogP contribution in [0, 0.1) is 0 Å². The minimum Gasteiger partial charge on any atom is -0.379 e. The summed E-state index contributed by atoms with van der Waals surface area (Å²) in [6.45, 7) is 6.83. The first kappa shape index (κ1) is 16.1. The molecule has 24 heavy (non-hydrogen) atoms. The van der Waals surface area contributed by atoms with Crippen LogP contribution in [0.15, 0.2) is 47.5 Å². The summed E-state index contributed by atoms with van der Waals surface area (Å²) >= 11 is 1.84. The Hall–Kier alpha value is -1.40. The molecule has 0 N–H and O–H groups in total. The zero-order chi connectivity index (χ0) is 16.2. The average Bonchev–Trinajstić information content (AvgIpc) is 2.64. The lowest BCUT2D eigenvalue weighted by Gasteiger charge is -2.27. The smallest absolute Gasteiger partial charge is 0.0594 e. The molecule has 4 nitrogen and oxygen atoms in total. The lowest BCUT2D eigenvalue weighted by Crippen LogP contribution is -2.35.